The fourth-order valence-electron chi connectivity index (χ4n) is 2.41. The number of aromatic nitrogens is 2. The molecule has 3 rings (SSSR count). The van der Waals surface area contributed by atoms with E-state index >= 15 is 0 Å². The van der Waals surface area contributed by atoms with Crippen molar-refractivity contribution >= 4 is 29.1 Å². The van der Waals surface area contributed by atoms with E-state index in [-0.39, 0.29) is 0 Å². The van der Waals surface area contributed by atoms with Gasteiger partial charge in [0.2, 0.25) is 5.95 Å². The van der Waals surface area contributed by atoms with E-state index < -0.39 is 0 Å². The van der Waals surface area contributed by atoms with Crippen molar-refractivity contribution in [2.45, 2.75) is 6.92 Å². The zero-order chi connectivity index (χ0) is 16.2. The number of anilines is 3. The van der Waals surface area contributed by atoms with Crippen LogP contribution in [0, 0.1) is 6.92 Å². The van der Waals surface area contributed by atoms with Crippen LogP contribution in [0.1, 0.15) is 5.69 Å². The van der Waals surface area contributed by atoms with Gasteiger partial charge in [-0.05, 0) is 25.1 Å². The van der Waals surface area contributed by atoms with Gasteiger partial charge in [0.1, 0.15) is 11.6 Å². The van der Waals surface area contributed by atoms with Crippen LogP contribution in [0.4, 0.5) is 17.5 Å². The largest absolute Gasteiger partial charge is 0.495 e. The van der Waals surface area contributed by atoms with E-state index in [9.17, 15) is 0 Å². The number of hydrogen-bond acceptors (Lipinski definition) is 6. The molecule has 0 aliphatic carbocycles. The SMILES string of the molecule is COc1ccc(Nc2cc(C)nc(N3CCOCC3)n2)cc1Cl. The van der Waals surface area contributed by atoms with Gasteiger partial charge in [0.15, 0.2) is 0 Å². The van der Waals surface area contributed by atoms with Crippen LogP contribution in [0.15, 0.2) is 24.3 Å². The van der Waals surface area contributed by atoms with Gasteiger partial charge in [-0.25, -0.2) is 4.98 Å². The molecule has 122 valence electrons. The van der Waals surface area contributed by atoms with E-state index in [1.54, 1.807) is 7.11 Å². The molecule has 1 fully saturated rings. The second kappa shape index (κ2) is 7.02. The number of methoxy groups -OCH3 is 1. The number of nitrogens with zero attached hydrogens (tertiary/aromatic N) is 3. The van der Waals surface area contributed by atoms with Gasteiger partial charge >= 0.3 is 0 Å². The lowest BCUT2D eigenvalue weighted by molar-refractivity contribution is 0.122. The molecule has 1 aliphatic heterocycles. The summed E-state index contributed by atoms with van der Waals surface area (Å²) in [5.74, 6) is 2.10. The van der Waals surface area contributed by atoms with E-state index in [1.165, 1.54) is 0 Å². The molecule has 0 unspecified atom stereocenters. The van der Waals surface area contributed by atoms with Gasteiger partial charge in [-0.1, -0.05) is 11.6 Å². The molecule has 0 bridgehead atoms. The maximum Gasteiger partial charge on any atom is 0.227 e. The van der Waals surface area contributed by atoms with E-state index in [2.05, 4.69) is 20.2 Å². The van der Waals surface area contributed by atoms with Crippen LogP contribution in [-0.2, 0) is 4.74 Å². The Hall–Kier alpha value is -2.05. The molecular formula is C16H19ClN4O2. The molecule has 23 heavy (non-hydrogen) atoms. The molecule has 7 heteroatoms. The number of hydrogen-bond donors (Lipinski definition) is 1. The Bertz CT molecular complexity index is 690. The van der Waals surface area contributed by atoms with Crippen molar-refractivity contribution in [1.29, 1.82) is 0 Å². The average Bonchev–Trinajstić information content (AvgIpc) is 2.55. The first-order chi connectivity index (χ1) is 11.2. The maximum atomic E-state index is 6.16. The van der Waals surface area contributed by atoms with Crippen molar-refractivity contribution in [1.82, 2.24) is 9.97 Å². The van der Waals surface area contributed by atoms with Gasteiger partial charge in [0.25, 0.3) is 0 Å². The molecule has 0 atom stereocenters. The van der Waals surface area contributed by atoms with Gasteiger partial charge < -0.3 is 19.7 Å². The molecule has 1 N–H and O–H groups in total. The van der Waals surface area contributed by atoms with Crippen molar-refractivity contribution in [2.75, 3.05) is 43.6 Å². The highest BCUT2D eigenvalue weighted by atomic mass is 35.5. The summed E-state index contributed by atoms with van der Waals surface area (Å²) in [5, 5.41) is 3.82. The zero-order valence-electron chi connectivity index (χ0n) is 13.2. The Morgan fingerprint density at radius 2 is 2.00 bits per heavy atom. The normalized spacial score (nSPS) is 14.7. The topological polar surface area (TPSA) is 59.5 Å². The number of benzene rings is 1. The smallest absolute Gasteiger partial charge is 0.227 e. The number of rotatable bonds is 4. The van der Waals surface area contributed by atoms with E-state index in [4.69, 9.17) is 21.1 Å². The lowest BCUT2D eigenvalue weighted by Gasteiger charge is -2.27. The molecular weight excluding hydrogens is 316 g/mol. The van der Waals surface area contributed by atoms with Crippen LogP contribution in [0.3, 0.4) is 0 Å². The second-order valence-corrected chi connectivity index (χ2v) is 5.68. The van der Waals surface area contributed by atoms with Crippen LogP contribution < -0.4 is 15.0 Å². The third kappa shape index (κ3) is 3.83. The average molecular weight is 335 g/mol. The molecule has 2 aromatic rings. The van der Waals surface area contributed by atoms with Crippen LogP contribution in [0.2, 0.25) is 5.02 Å². The van der Waals surface area contributed by atoms with E-state index in [0.29, 0.717) is 24.0 Å². The maximum absolute atomic E-state index is 6.16. The van der Waals surface area contributed by atoms with Crippen molar-refractivity contribution < 1.29 is 9.47 Å². The summed E-state index contributed by atoms with van der Waals surface area (Å²) < 4.78 is 10.5. The van der Waals surface area contributed by atoms with Crippen molar-refractivity contribution in [3.05, 3.63) is 35.0 Å². The van der Waals surface area contributed by atoms with Gasteiger partial charge in [-0.2, -0.15) is 4.98 Å². The third-order valence-electron chi connectivity index (χ3n) is 3.56. The Morgan fingerprint density at radius 1 is 1.22 bits per heavy atom. The molecule has 1 aromatic heterocycles. The summed E-state index contributed by atoms with van der Waals surface area (Å²) in [4.78, 5) is 11.2. The summed E-state index contributed by atoms with van der Waals surface area (Å²) in [5.41, 5.74) is 1.76. The Morgan fingerprint density at radius 3 is 2.70 bits per heavy atom. The highest BCUT2D eigenvalue weighted by molar-refractivity contribution is 6.32. The van der Waals surface area contributed by atoms with Crippen LogP contribution in [0.5, 0.6) is 5.75 Å². The molecule has 0 radical (unpaired) electrons. The molecule has 1 aromatic carbocycles. The second-order valence-electron chi connectivity index (χ2n) is 5.27. The molecule has 0 spiro atoms. The summed E-state index contributed by atoms with van der Waals surface area (Å²) in [6.45, 7) is 4.97. The number of morpholine rings is 1. The quantitative estimate of drug-likeness (QED) is 0.927. The fraction of sp³-hybridized carbons (Fsp3) is 0.375. The minimum absolute atomic E-state index is 0.552. The number of nitrogens with one attached hydrogen (secondary N) is 1. The highest BCUT2D eigenvalue weighted by Crippen LogP contribution is 2.29. The third-order valence-corrected chi connectivity index (χ3v) is 3.86. The van der Waals surface area contributed by atoms with E-state index in [1.807, 2.05) is 31.2 Å². The predicted molar refractivity (Wildman–Crippen MR) is 91.1 cm³/mol. The van der Waals surface area contributed by atoms with Crippen LogP contribution in [-0.4, -0.2) is 43.4 Å². The van der Waals surface area contributed by atoms with E-state index in [0.717, 1.165) is 36.2 Å². The highest BCUT2D eigenvalue weighted by Gasteiger charge is 2.15. The lowest BCUT2D eigenvalue weighted by atomic mass is 10.3. The Kier molecular flexibility index (Phi) is 4.83. The van der Waals surface area contributed by atoms with Gasteiger partial charge in [-0.15, -0.1) is 0 Å². The van der Waals surface area contributed by atoms with Gasteiger partial charge in [0, 0.05) is 30.5 Å². The molecule has 1 saturated heterocycles. The number of aryl methyl sites for hydroxylation is 1. The van der Waals surface area contributed by atoms with Crippen LogP contribution >= 0.6 is 11.6 Å². The fourth-order valence-corrected chi connectivity index (χ4v) is 2.67. The first-order valence-electron chi connectivity index (χ1n) is 7.44. The first-order valence-corrected chi connectivity index (χ1v) is 7.82. The monoisotopic (exact) mass is 334 g/mol. The van der Waals surface area contributed by atoms with Crippen molar-refractivity contribution in [2.24, 2.45) is 0 Å². The standard InChI is InChI=1S/C16H19ClN4O2/c1-11-9-15(19-12-3-4-14(22-2)13(17)10-12)20-16(18-11)21-5-7-23-8-6-21/h3-4,9-10H,5-8H2,1-2H3,(H,18,19,20). The minimum atomic E-state index is 0.552. The summed E-state index contributed by atoms with van der Waals surface area (Å²) in [6, 6.07) is 7.44. The van der Waals surface area contributed by atoms with Crippen LogP contribution in [0.25, 0.3) is 0 Å². The van der Waals surface area contributed by atoms with Gasteiger partial charge in [0.05, 0.1) is 25.3 Å². The Labute approximate surface area is 140 Å². The predicted octanol–water partition coefficient (Wildman–Crippen LogP) is 3.03. The van der Waals surface area contributed by atoms with Crippen molar-refractivity contribution in [3.63, 3.8) is 0 Å². The first kappa shape index (κ1) is 15.8. The lowest BCUT2D eigenvalue weighted by Crippen LogP contribution is -2.37. The summed E-state index contributed by atoms with van der Waals surface area (Å²) in [6.07, 6.45) is 0. The zero-order valence-corrected chi connectivity index (χ0v) is 13.9. The number of halogens is 1. The number of ether oxygens (including phenoxy) is 2. The van der Waals surface area contributed by atoms with Crippen molar-refractivity contribution in [3.8, 4) is 5.75 Å². The molecule has 0 amide bonds. The molecule has 2 heterocycles. The molecule has 0 saturated carbocycles. The minimum Gasteiger partial charge on any atom is -0.495 e. The molecule has 1 aliphatic rings. The Balaban J connectivity index is 1.82. The van der Waals surface area contributed by atoms with Gasteiger partial charge in [-0.3, -0.25) is 0 Å². The summed E-state index contributed by atoms with van der Waals surface area (Å²) >= 11 is 6.16. The summed E-state index contributed by atoms with van der Waals surface area (Å²) in [7, 11) is 1.59. The molecule has 6 nitrogen and oxygen atoms in total.